The number of rotatable bonds is 6. The average Bonchev–Trinajstić information content (AvgIpc) is 2.98. The van der Waals surface area contributed by atoms with E-state index in [2.05, 4.69) is 60.7 Å². The van der Waals surface area contributed by atoms with Crippen molar-refractivity contribution in [1.29, 1.82) is 0 Å². The van der Waals surface area contributed by atoms with Gasteiger partial charge < -0.3 is 4.74 Å². The van der Waals surface area contributed by atoms with Crippen molar-refractivity contribution in [3.8, 4) is 56.5 Å². The molecule has 4 aromatic carbocycles. The molecule has 0 atom stereocenters. The summed E-state index contributed by atoms with van der Waals surface area (Å²) in [6, 6.07) is 50.8. The molecule has 0 amide bonds. The third kappa shape index (κ3) is 5.80. The summed E-state index contributed by atoms with van der Waals surface area (Å²) in [6.45, 7) is 0. The van der Waals surface area contributed by atoms with E-state index in [-0.39, 0.29) is 21.1 Å². The number of aromatic nitrogens is 2. The van der Waals surface area contributed by atoms with Crippen LogP contribution in [-0.4, -0.2) is 9.97 Å². The fraction of sp³-hybridized carbons (Fsp3) is 0. The van der Waals surface area contributed by atoms with E-state index in [1.54, 1.807) is 0 Å². The maximum atomic E-state index is 6.08. The Hall–Kier alpha value is -4.33. The van der Waals surface area contributed by atoms with Gasteiger partial charge in [0.05, 0.1) is 0 Å². The molecule has 0 saturated carbocycles. The number of pyridine rings is 2. The molecule has 3 nitrogen and oxygen atoms in total. The molecule has 0 saturated heterocycles. The summed E-state index contributed by atoms with van der Waals surface area (Å²) in [4.78, 5) is 9.46. The molecule has 0 N–H and O–H groups in total. The van der Waals surface area contributed by atoms with Crippen molar-refractivity contribution >= 4 is 0 Å². The van der Waals surface area contributed by atoms with Crippen LogP contribution >= 0.6 is 0 Å². The topological polar surface area (TPSA) is 35.0 Å². The molecule has 0 fully saturated rings. The largest absolute Gasteiger partial charge is 2.00 e. The predicted molar refractivity (Wildman–Crippen MR) is 148 cm³/mol. The summed E-state index contributed by atoms with van der Waals surface area (Å²) in [6.07, 6.45) is 0. The first kappa shape index (κ1) is 25.3. The summed E-state index contributed by atoms with van der Waals surface area (Å²) < 4.78 is 6.08. The molecule has 0 aliphatic heterocycles. The Bertz CT molecular complexity index is 1530. The normalized spacial score (nSPS) is 10.4. The fourth-order valence-electron chi connectivity index (χ4n) is 4.20. The molecule has 4 heteroatoms. The Morgan fingerprint density at radius 3 is 1.34 bits per heavy atom. The molecule has 0 spiro atoms. The van der Waals surface area contributed by atoms with Gasteiger partial charge in [-0.15, -0.1) is 70.8 Å². The van der Waals surface area contributed by atoms with Crippen molar-refractivity contribution in [1.82, 2.24) is 9.97 Å². The smallest absolute Gasteiger partial charge is 0.422 e. The maximum Gasteiger partial charge on any atom is 2.00 e. The standard InChI is InChI=1S/C34H22N2O.Pt/c1-3-11-25(12-4-1)27-15-7-17-29(23-27)31-19-9-21-33(35-31)37-34-22-10-20-32(36-34)30-18-8-16-28(24-30)26-13-5-2-6-14-26;/h1-16,19-24H;/q-2;+2. The molecule has 38 heavy (non-hydrogen) atoms. The first-order chi connectivity index (χ1) is 18.3. The molecular weight excluding hydrogens is 647 g/mol. The van der Waals surface area contributed by atoms with Gasteiger partial charge in [-0.2, -0.15) is 0 Å². The first-order valence-corrected chi connectivity index (χ1v) is 12.1. The van der Waals surface area contributed by atoms with Crippen LogP contribution in [-0.2, 0) is 21.1 Å². The maximum absolute atomic E-state index is 6.08. The Morgan fingerprint density at radius 2 is 0.895 bits per heavy atom. The summed E-state index contributed by atoms with van der Waals surface area (Å²) in [5.74, 6) is 0.949. The van der Waals surface area contributed by atoms with E-state index in [0.717, 1.165) is 44.8 Å². The van der Waals surface area contributed by atoms with E-state index in [1.807, 2.05) is 84.9 Å². The predicted octanol–water partition coefficient (Wildman–Crippen LogP) is 8.53. The number of hydrogen-bond acceptors (Lipinski definition) is 3. The third-order valence-corrected chi connectivity index (χ3v) is 6.03. The molecule has 184 valence electrons. The summed E-state index contributed by atoms with van der Waals surface area (Å²) in [5, 5.41) is 0. The summed E-state index contributed by atoms with van der Waals surface area (Å²) in [5.41, 5.74) is 7.92. The van der Waals surface area contributed by atoms with Crippen LogP contribution in [0.3, 0.4) is 0 Å². The van der Waals surface area contributed by atoms with Crippen LogP contribution in [0, 0.1) is 12.1 Å². The van der Waals surface area contributed by atoms with Crippen LogP contribution < -0.4 is 4.74 Å². The van der Waals surface area contributed by atoms with Crippen LogP contribution in [0.2, 0.25) is 0 Å². The zero-order valence-electron chi connectivity index (χ0n) is 20.3. The SMILES string of the molecule is [Pt+2].[c-]1ccc(-c2ccccc2)cc1-c1cccc(Oc2cccc(-c3[c-]ccc(-c4ccccc4)c3)n2)n1. The van der Waals surface area contributed by atoms with Crippen LogP contribution in [0.15, 0.2) is 133 Å². The summed E-state index contributed by atoms with van der Waals surface area (Å²) >= 11 is 0. The van der Waals surface area contributed by atoms with Crippen molar-refractivity contribution < 1.29 is 25.8 Å². The van der Waals surface area contributed by atoms with E-state index < -0.39 is 0 Å². The number of nitrogens with zero attached hydrogens (tertiary/aromatic N) is 2. The third-order valence-electron chi connectivity index (χ3n) is 6.03. The number of ether oxygens (including phenoxy) is 1. The van der Waals surface area contributed by atoms with E-state index >= 15 is 0 Å². The molecule has 0 unspecified atom stereocenters. The van der Waals surface area contributed by atoms with Crippen LogP contribution in [0.25, 0.3) is 44.8 Å². The minimum Gasteiger partial charge on any atom is -0.422 e. The van der Waals surface area contributed by atoms with E-state index in [0.29, 0.717) is 11.8 Å². The minimum atomic E-state index is 0. The molecule has 0 aliphatic carbocycles. The van der Waals surface area contributed by atoms with Gasteiger partial charge in [0.2, 0.25) is 11.8 Å². The van der Waals surface area contributed by atoms with E-state index in [4.69, 9.17) is 14.7 Å². The van der Waals surface area contributed by atoms with Gasteiger partial charge >= 0.3 is 21.1 Å². The molecule has 2 aromatic heterocycles. The van der Waals surface area contributed by atoms with Crippen molar-refractivity contribution in [2.45, 2.75) is 0 Å². The second kappa shape index (κ2) is 11.8. The molecule has 0 bridgehead atoms. The Morgan fingerprint density at radius 1 is 0.447 bits per heavy atom. The minimum absolute atomic E-state index is 0. The zero-order chi connectivity index (χ0) is 24.9. The zero-order valence-corrected chi connectivity index (χ0v) is 22.6. The van der Waals surface area contributed by atoms with Gasteiger partial charge in [-0.1, -0.05) is 84.9 Å². The molecular formula is C34H22N2OPt. The second-order valence-electron chi connectivity index (χ2n) is 8.54. The van der Waals surface area contributed by atoms with Gasteiger partial charge in [0.25, 0.3) is 0 Å². The van der Waals surface area contributed by atoms with Gasteiger partial charge in [0.15, 0.2) is 0 Å². The second-order valence-corrected chi connectivity index (χ2v) is 8.54. The van der Waals surface area contributed by atoms with Gasteiger partial charge in [0, 0.05) is 0 Å². The Balaban J connectivity index is 0.00000294. The molecule has 6 aromatic rings. The molecule has 0 radical (unpaired) electrons. The van der Waals surface area contributed by atoms with E-state index in [9.17, 15) is 0 Å². The van der Waals surface area contributed by atoms with Gasteiger partial charge in [-0.05, 0) is 34.6 Å². The van der Waals surface area contributed by atoms with Crippen molar-refractivity contribution in [2.24, 2.45) is 0 Å². The van der Waals surface area contributed by atoms with Gasteiger partial charge in [0.1, 0.15) is 0 Å². The summed E-state index contributed by atoms with van der Waals surface area (Å²) in [7, 11) is 0. The monoisotopic (exact) mass is 669 g/mol. The van der Waals surface area contributed by atoms with Crippen molar-refractivity contribution in [3.63, 3.8) is 0 Å². The fourth-order valence-corrected chi connectivity index (χ4v) is 4.20. The van der Waals surface area contributed by atoms with Crippen molar-refractivity contribution in [2.75, 3.05) is 0 Å². The molecule has 6 rings (SSSR count). The number of benzene rings is 4. The quantitative estimate of drug-likeness (QED) is 0.167. The van der Waals surface area contributed by atoms with Crippen LogP contribution in [0.1, 0.15) is 0 Å². The Kier molecular flexibility index (Phi) is 7.87. The van der Waals surface area contributed by atoms with Crippen molar-refractivity contribution in [3.05, 3.63) is 146 Å². The Labute approximate surface area is 237 Å². The van der Waals surface area contributed by atoms with Crippen LogP contribution in [0.4, 0.5) is 0 Å². The first-order valence-electron chi connectivity index (χ1n) is 12.1. The van der Waals surface area contributed by atoms with E-state index in [1.165, 1.54) is 0 Å². The van der Waals surface area contributed by atoms with Crippen LogP contribution in [0.5, 0.6) is 11.8 Å². The number of hydrogen-bond donors (Lipinski definition) is 0. The molecule has 2 heterocycles. The van der Waals surface area contributed by atoms with Gasteiger partial charge in [-0.25, -0.2) is 0 Å². The van der Waals surface area contributed by atoms with Gasteiger partial charge in [-0.3, -0.25) is 9.97 Å². The average molecular weight is 670 g/mol. The molecule has 0 aliphatic rings.